The van der Waals surface area contributed by atoms with Gasteiger partial charge in [-0.25, -0.2) is 9.59 Å². The van der Waals surface area contributed by atoms with E-state index in [0.29, 0.717) is 89.9 Å². The summed E-state index contributed by atoms with van der Waals surface area (Å²) in [6.07, 6.45) is 7.36. The molecule has 0 amide bonds. The summed E-state index contributed by atoms with van der Waals surface area (Å²) in [5.41, 5.74) is 7.25. The smallest absolute Gasteiger partial charge is 0.342 e. The van der Waals surface area contributed by atoms with Crippen LogP contribution in [0.3, 0.4) is 0 Å². The minimum atomic E-state index is -0.453. The van der Waals surface area contributed by atoms with E-state index >= 15 is 0 Å². The fourth-order valence-electron chi connectivity index (χ4n) is 7.21. The molecule has 2 aromatic carbocycles. The van der Waals surface area contributed by atoms with Crippen LogP contribution >= 0.6 is 0 Å². The molecule has 2 aromatic rings. The molecular formula is C49H61NO12. The Hall–Kier alpha value is -5.92. The molecule has 0 atom stereocenters. The van der Waals surface area contributed by atoms with Gasteiger partial charge in [0.2, 0.25) is 0 Å². The van der Waals surface area contributed by atoms with Gasteiger partial charge in [-0.2, -0.15) is 0 Å². The zero-order chi connectivity index (χ0) is 45.3. The predicted octanol–water partition coefficient (Wildman–Crippen LogP) is 7.36. The summed E-state index contributed by atoms with van der Waals surface area (Å²) in [7, 11) is 5.91. The van der Waals surface area contributed by atoms with E-state index in [1.54, 1.807) is 14.2 Å². The molecule has 0 aliphatic carbocycles. The van der Waals surface area contributed by atoms with E-state index in [1.807, 2.05) is 39.8 Å². The number of carbonyl (C=O) groups excluding carboxylic acids is 4. The SMILES string of the molecule is COC(=O)CC/C(C)=C/Cc1c(OC)c(C)c2c(c1OCC#CCN(CC#CCOc1c(C/C=C(\C)CCC(=O)OC)c(OC)c(C)c3c1C(=O)OC3)CCC(C)C)C(=O)OC2. The van der Waals surface area contributed by atoms with Crippen LogP contribution in [0.15, 0.2) is 23.3 Å². The highest BCUT2D eigenvalue weighted by molar-refractivity contribution is 5.99. The van der Waals surface area contributed by atoms with Gasteiger partial charge in [-0.05, 0) is 76.8 Å². The zero-order valence-electron chi connectivity index (χ0n) is 38.0. The maximum absolute atomic E-state index is 13.0. The first-order valence-electron chi connectivity index (χ1n) is 20.9. The van der Waals surface area contributed by atoms with E-state index in [0.717, 1.165) is 46.4 Å². The van der Waals surface area contributed by atoms with Gasteiger partial charge in [0.25, 0.3) is 0 Å². The van der Waals surface area contributed by atoms with Crippen LogP contribution in [-0.4, -0.2) is 90.1 Å². The molecule has 0 bridgehead atoms. The van der Waals surface area contributed by atoms with E-state index in [1.165, 1.54) is 14.2 Å². The molecule has 2 aliphatic heterocycles. The summed E-state index contributed by atoms with van der Waals surface area (Å²) >= 11 is 0. The van der Waals surface area contributed by atoms with Crippen molar-refractivity contribution in [2.75, 3.05) is 61.3 Å². The van der Waals surface area contributed by atoms with Crippen molar-refractivity contribution < 1.29 is 57.1 Å². The summed E-state index contributed by atoms with van der Waals surface area (Å²) < 4.78 is 44.6. The third-order valence-electron chi connectivity index (χ3n) is 10.9. The Bertz CT molecular complexity index is 2030. The fraction of sp³-hybridized carbons (Fsp3) is 0.510. The number of rotatable bonds is 21. The van der Waals surface area contributed by atoms with Crippen molar-refractivity contribution in [3.8, 4) is 46.7 Å². The summed E-state index contributed by atoms with van der Waals surface area (Å²) in [4.78, 5) is 51.5. The maximum atomic E-state index is 13.0. The second kappa shape index (κ2) is 23.9. The number of nitrogens with zero attached hydrogens (tertiary/aromatic N) is 1. The summed E-state index contributed by atoms with van der Waals surface area (Å²) in [5.74, 6) is 13.7. The molecule has 0 saturated heterocycles. The molecule has 4 rings (SSSR count). The lowest BCUT2D eigenvalue weighted by Crippen LogP contribution is -2.26. The topological polar surface area (TPSA) is 145 Å². The Balaban J connectivity index is 1.49. The van der Waals surface area contributed by atoms with Gasteiger partial charge in [0.05, 0.1) is 41.5 Å². The minimum Gasteiger partial charge on any atom is -0.496 e. The van der Waals surface area contributed by atoms with Gasteiger partial charge in [0.15, 0.2) is 0 Å². The standard InChI is InChI=1S/C49H61NO12/c1-31(2)23-26-50(24-11-13-27-59-46-36(19-15-32(3)17-21-40(51)55-7)44(57-9)34(5)38-29-61-48(53)42(38)46)25-12-14-28-60-47-37(20-16-33(4)18-22-41(52)56-8)45(58-10)35(6)39-30-62-49(54)43(39)47/h15-16,31H,17-30H2,1-10H3/b32-15+,33-16+. The van der Waals surface area contributed by atoms with Crippen molar-refractivity contribution in [2.24, 2.45) is 5.92 Å². The molecule has 2 heterocycles. The minimum absolute atomic E-state index is 0.0244. The van der Waals surface area contributed by atoms with Crippen LogP contribution in [0.4, 0.5) is 0 Å². The Morgan fingerprint density at radius 1 is 0.661 bits per heavy atom. The van der Waals surface area contributed by atoms with Gasteiger partial charge in [-0.15, -0.1) is 0 Å². The molecule has 0 spiro atoms. The van der Waals surface area contributed by atoms with E-state index in [4.69, 9.17) is 37.9 Å². The van der Waals surface area contributed by atoms with Gasteiger partial charge >= 0.3 is 23.9 Å². The number of benzene rings is 2. The molecule has 0 aromatic heterocycles. The molecular weight excluding hydrogens is 795 g/mol. The van der Waals surface area contributed by atoms with Crippen LogP contribution in [0, 0.1) is 43.4 Å². The van der Waals surface area contributed by atoms with E-state index in [2.05, 4.69) is 42.4 Å². The highest BCUT2D eigenvalue weighted by atomic mass is 16.6. The third-order valence-corrected chi connectivity index (χ3v) is 10.9. The van der Waals surface area contributed by atoms with Crippen LogP contribution < -0.4 is 18.9 Å². The van der Waals surface area contributed by atoms with E-state index in [-0.39, 0.29) is 51.2 Å². The Labute approximate surface area is 366 Å². The summed E-state index contributed by atoms with van der Waals surface area (Å²) in [6.45, 7) is 14.0. The van der Waals surface area contributed by atoms with Gasteiger partial charge in [0, 0.05) is 41.6 Å². The van der Waals surface area contributed by atoms with Gasteiger partial charge in [0.1, 0.15) is 60.6 Å². The van der Waals surface area contributed by atoms with Gasteiger partial charge in [-0.3, -0.25) is 14.5 Å². The molecule has 0 fully saturated rings. The number of ether oxygens (including phenoxy) is 8. The molecule has 0 unspecified atom stereocenters. The molecule has 62 heavy (non-hydrogen) atoms. The Kier molecular flexibility index (Phi) is 18.8. The largest absolute Gasteiger partial charge is 0.496 e. The predicted molar refractivity (Wildman–Crippen MR) is 234 cm³/mol. The lowest BCUT2D eigenvalue weighted by molar-refractivity contribution is -0.141. The number of hydrogen-bond acceptors (Lipinski definition) is 13. The van der Waals surface area contributed by atoms with Crippen LogP contribution in [0.2, 0.25) is 0 Å². The summed E-state index contributed by atoms with van der Waals surface area (Å²) in [5, 5.41) is 0. The first-order valence-corrected chi connectivity index (χ1v) is 20.9. The van der Waals surface area contributed by atoms with Crippen molar-refractivity contribution in [2.45, 2.75) is 99.7 Å². The first kappa shape index (κ1) is 48.7. The number of methoxy groups -OCH3 is 4. The molecule has 13 nitrogen and oxygen atoms in total. The van der Waals surface area contributed by atoms with Crippen molar-refractivity contribution in [1.29, 1.82) is 0 Å². The first-order chi connectivity index (χ1) is 29.8. The van der Waals surface area contributed by atoms with Crippen molar-refractivity contribution in [1.82, 2.24) is 4.90 Å². The number of hydrogen-bond donors (Lipinski definition) is 0. The van der Waals surface area contributed by atoms with Gasteiger partial charge in [-0.1, -0.05) is 60.8 Å². The van der Waals surface area contributed by atoms with Crippen LogP contribution in [0.5, 0.6) is 23.0 Å². The highest BCUT2D eigenvalue weighted by Gasteiger charge is 2.34. The average Bonchev–Trinajstić information content (AvgIpc) is 3.85. The van der Waals surface area contributed by atoms with Crippen molar-refractivity contribution >= 4 is 23.9 Å². The van der Waals surface area contributed by atoms with Crippen molar-refractivity contribution in [3.63, 3.8) is 0 Å². The van der Waals surface area contributed by atoms with Crippen LogP contribution in [0.25, 0.3) is 0 Å². The molecule has 2 aliphatic rings. The molecule has 334 valence electrons. The van der Waals surface area contributed by atoms with Crippen LogP contribution in [0.1, 0.15) is 114 Å². The van der Waals surface area contributed by atoms with E-state index in [9.17, 15) is 19.2 Å². The van der Waals surface area contributed by atoms with Crippen LogP contribution in [-0.2, 0) is 54.6 Å². The normalized spacial score (nSPS) is 13.0. The quantitative estimate of drug-likeness (QED) is 0.0534. The zero-order valence-corrected chi connectivity index (χ0v) is 38.0. The second-order valence-corrected chi connectivity index (χ2v) is 15.6. The summed E-state index contributed by atoms with van der Waals surface area (Å²) in [6, 6.07) is 0. The molecule has 0 N–H and O–H groups in total. The number of carbonyl (C=O) groups is 4. The Morgan fingerprint density at radius 2 is 1.08 bits per heavy atom. The third kappa shape index (κ3) is 12.8. The second-order valence-electron chi connectivity index (χ2n) is 15.6. The van der Waals surface area contributed by atoms with Crippen molar-refractivity contribution in [3.05, 3.63) is 67.8 Å². The monoisotopic (exact) mass is 855 g/mol. The highest BCUT2D eigenvalue weighted by Crippen LogP contribution is 2.44. The average molecular weight is 856 g/mol. The molecule has 0 radical (unpaired) electrons. The lowest BCUT2D eigenvalue weighted by Gasteiger charge is -2.19. The maximum Gasteiger partial charge on any atom is 0.342 e. The Morgan fingerprint density at radius 3 is 1.45 bits per heavy atom. The number of allylic oxidation sites excluding steroid dienone is 4. The van der Waals surface area contributed by atoms with E-state index < -0.39 is 11.9 Å². The number of fused-ring (bicyclic) bond motifs is 2. The molecule has 0 saturated carbocycles. The number of esters is 4. The fourth-order valence-corrected chi connectivity index (χ4v) is 7.21. The number of cyclic esters (lactones) is 2. The van der Waals surface area contributed by atoms with Gasteiger partial charge < -0.3 is 37.9 Å². The lowest BCUT2D eigenvalue weighted by atomic mass is 9.94. The molecule has 13 heteroatoms.